The quantitative estimate of drug-likeness (QED) is 0.688. The summed E-state index contributed by atoms with van der Waals surface area (Å²) in [4.78, 5) is 0. The molecule has 0 aliphatic heterocycles. The molecule has 1 aromatic carbocycles. The highest BCUT2D eigenvalue weighted by molar-refractivity contribution is 5.48. The molecule has 84 valence electrons. The highest BCUT2D eigenvalue weighted by Crippen LogP contribution is 2.15. The maximum absolute atomic E-state index is 9.07. The van der Waals surface area contributed by atoms with E-state index in [4.69, 9.17) is 10.2 Å². The van der Waals surface area contributed by atoms with Crippen LogP contribution < -0.4 is 5.32 Å². The summed E-state index contributed by atoms with van der Waals surface area (Å²) in [6.07, 6.45) is 0.559. The van der Waals surface area contributed by atoms with Gasteiger partial charge >= 0.3 is 0 Å². The summed E-state index contributed by atoms with van der Waals surface area (Å²) >= 11 is 0. The van der Waals surface area contributed by atoms with E-state index in [1.165, 1.54) is 11.1 Å². The number of aryl methyl sites for hydroxylation is 2. The third kappa shape index (κ3) is 3.53. The molecule has 0 bridgehead atoms. The van der Waals surface area contributed by atoms with Gasteiger partial charge in [-0.15, -0.1) is 0 Å². The standard InChI is InChI=1S/C12H19NO2/c1-9-3-4-11(7-10(9)2)13-12(8-15)5-6-14/h3-4,7,12-15H,5-6,8H2,1-2H3. The fourth-order valence-electron chi connectivity index (χ4n) is 1.43. The van der Waals surface area contributed by atoms with Crippen molar-refractivity contribution in [1.29, 1.82) is 0 Å². The molecule has 0 saturated heterocycles. The predicted octanol–water partition coefficient (Wildman–Crippen LogP) is 1.46. The van der Waals surface area contributed by atoms with Gasteiger partial charge in [0.15, 0.2) is 0 Å². The largest absolute Gasteiger partial charge is 0.396 e. The van der Waals surface area contributed by atoms with Crippen molar-refractivity contribution in [2.75, 3.05) is 18.5 Å². The maximum Gasteiger partial charge on any atom is 0.0633 e. The Hall–Kier alpha value is -1.06. The van der Waals surface area contributed by atoms with Crippen LogP contribution in [0, 0.1) is 13.8 Å². The normalized spacial score (nSPS) is 12.5. The van der Waals surface area contributed by atoms with Crippen LogP contribution in [0.25, 0.3) is 0 Å². The molecule has 1 rings (SSSR count). The molecule has 1 atom stereocenters. The van der Waals surface area contributed by atoms with Crippen molar-refractivity contribution < 1.29 is 10.2 Å². The topological polar surface area (TPSA) is 52.5 Å². The molecule has 0 saturated carbocycles. The van der Waals surface area contributed by atoms with E-state index in [0.29, 0.717) is 6.42 Å². The van der Waals surface area contributed by atoms with Crippen molar-refractivity contribution in [3.05, 3.63) is 29.3 Å². The first kappa shape index (κ1) is 12.0. The van der Waals surface area contributed by atoms with Crippen molar-refractivity contribution in [1.82, 2.24) is 0 Å². The molecule has 3 N–H and O–H groups in total. The Morgan fingerprint density at radius 2 is 1.93 bits per heavy atom. The Kier molecular flexibility index (Phi) is 4.59. The summed E-state index contributed by atoms with van der Waals surface area (Å²) < 4.78 is 0. The van der Waals surface area contributed by atoms with E-state index >= 15 is 0 Å². The zero-order valence-corrected chi connectivity index (χ0v) is 9.33. The average Bonchev–Trinajstić information content (AvgIpc) is 2.23. The van der Waals surface area contributed by atoms with Gasteiger partial charge in [0.05, 0.1) is 12.6 Å². The van der Waals surface area contributed by atoms with Gasteiger partial charge in [-0.2, -0.15) is 0 Å². The van der Waals surface area contributed by atoms with Gasteiger partial charge < -0.3 is 15.5 Å². The van der Waals surface area contributed by atoms with Crippen LogP contribution in [0.5, 0.6) is 0 Å². The van der Waals surface area contributed by atoms with Gasteiger partial charge in [-0.05, 0) is 43.5 Å². The molecule has 0 heterocycles. The number of hydrogen-bond acceptors (Lipinski definition) is 3. The van der Waals surface area contributed by atoms with E-state index in [1.54, 1.807) is 0 Å². The van der Waals surface area contributed by atoms with E-state index in [0.717, 1.165) is 5.69 Å². The van der Waals surface area contributed by atoms with Crippen LogP contribution >= 0.6 is 0 Å². The molecule has 0 radical (unpaired) electrons. The molecule has 1 aromatic rings. The van der Waals surface area contributed by atoms with E-state index in [2.05, 4.69) is 25.2 Å². The number of benzene rings is 1. The SMILES string of the molecule is Cc1ccc(NC(CO)CCO)cc1C. The summed E-state index contributed by atoms with van der Waals surface area (Å²) in [6.45, 7) is 4.24. The van der Waals surface area contributed by atoms with Crippen LogP contribution in [0.15, 0.2) is 18.2 Å². The lowest BCUT2D eigenvalue weighted by atomic mass is 10.1. The van der Waals surface area contributed by atoms with E-state index in [1.807, 2.05) is 12.1 Å². The van der Waals surface area contributed by atoms with Crippen LogP contribution in [0.4, 0.5) is 5.69 Å². The first-order valence-corrected chi connectivity index (χ1v) is 5.23. The fraction of sp³-hybridized carbons (Fsp3) is 0.500. The average molecular weight is 209 g/mol. The van der Waals surface area contributed by atoms with Crippen LogP contribution in [0.2, 0.25) is 0 Å². The third-order valence-corrected chi connectivity index (χ3v) is 2.58. The number of hydrogen-bond donors (Lipinski definition) is 3. The van der Waals surface area contributed by atoms with Gasteiger partial charge in [0.2, 0.25) is 0 Å². The van der Waals surface area contributed by atoms with E-state index in [9.17, 15) is 0 Å². The first-order valence-electron chi connectivity index (χ1n) is 5.23. The maximum atomic E-state index is 9.07. The first-order chi connectivity index (χ1) is 7.17. The van der Waals surface area contributed by atoms with Crippen molar-refractivity contribution >= 4 is 5.69 Å². The minimum atomic E-state index is -0.0721. The van der Waals surface area contributed by atoms with Gasteiger partial charge in [-0.3, -0.25) is 0 Å². The van der Waals surface area contributed by atoms with Crippen molar-refractivity contribution in [2.45, 2.75) is 26.3 Å². The van der Waals surface area contributed by atoms with Gasteiger partial charge in [0, 0.05) is 12.3 Å². The van der Waals surface area contributed by atoms with Crippen LogP contribution in [0.3, 0.4) is 0 Å². The third-order valence-electron chi connectivity index (χ3n) is 2.58. The Morgan fingerprint density at radius 3 is 2.47 bits per heavy atom. The lowest BCUT2D eigenvalue weighted by Crippen LogP contribution is -2.24. The molecule has 1 unspecified atom stereocenters. The van der Waals surface area contributed by atoms with Gasteiger partial charge in [-0.1, -0.05) is 6.07 Å². The molecule has 3 nitrogen and oxygen atoms in total. The van der Waals surface area contributed by atoms with Crippen molar-refractivity contribution in [3.8, 4) is 0 Å². The van der Waals surface area contributed by atoms with Crippen molar-refractivity contribution in [2.24, 2.45) is 0 Å². The number of aliphatic hydroxyl groups is 2. The predicted molar refractivity (Wildman–Crippen MR) is 62.1 cm³/mol. The summed E-state index contributed by atoms with van der Waals surface area (Å²) in [5.41, 5.74) is 3.47. The second-order valence-electron chi connectivity index (χ2n) is 3.84. The van der Waals surface area contributed by atoms with Crippen LogP contribution in [0.1, 0.15) is 17.5 Å². The van der Waals surface area contributed by atoms with E-state index < -0.39 is 0 Å². The molecule has 0 aliphatic rings. The Balaban J connectivity index is 2.66. The summed E-state index contributed by atoms with van der Waals surface area (Å²) in [6, 6.07) is 6.01. The lowest BCUT2D eigenvalue weighted by molar-refractivity contribution is 0.229. The van der Waals surface area contributed by atoms with E-state index in [-0.39, 0.29) is 19.3 Å². The van der Waals surface area contributed by atoms with Gasteiger partial charge in [0.25, 0.3) is 0 Å². The van der Waals surface area contributed by atoms with Crippen LogP contribution in [-0.4, -0.2) is 29.5 Å². The van der Waals surface area contributed by atoms with Gasteiger partial charge in [-0.25, -0.2) is 0 Å². The molecule has 0 fully saturated rings. The molecular formula is C12H19NO2. The number of aliphatic hydroxyl groups excluding tert-OH is 2. The molecule has 0 aromatic heterocycles. The Morgan fingerprint density at radius 1 is 1.20 bits per heavy atom. The smallest absolute Gasteiger partial charge is 0.0633 e. The van der Waals surface area contributed by atoms with Gasteiger partial charge in [0.1, 0.15) is 0 Å². The molecule has 0 spiro atoms. The molecular weight excluding hydrogens is 190 g/mol. The second kappa shape index (κ2) is 5.73. The Labute approximate surface area is 90.8 Å². The van der Waals surface area contributed by atoms with Crippen molar-refractivity contribution in [3.63, 3.8) is 0 Å². The minimum Gasteiger partial charge on any atom is -0.396 e. The molecule has 15 heavy (non-hydrogen) atoms. The van der Waals surface area contributed by atoms with Crippen LogP contribution in [-0.2, 0) is 0 Å². The molecule has 3 heteroatoms. The number of nitrogens with one attached hydrogen (secondary N) is 1. The minimum absolute atomic E-state index is 0.0352. The number of anilines is 1. The molecule has 0 amide bonds. The zero-order valence-electron chi connectivity index (χ0n) is 9.33. The fourth-order valence-corrected chi connectivity index (χ4v) is 1.43. The lowest BCUT2D eigenvalue weighted by Gasteiger charge is -2.17. The highest BCUT2D eigenvalue weighted by atomic mass is 16.3. The monoisotopic (exact) mass is 209 g/mol. The summed E-state index contributed by atoms with van der Waals surface area (Å²) in [5.74, 6) is 0. The summed E-state index contributed by atoms with van der Waals surface area (Å²) in [7, 11) is 0. The number of rotatable bonds is 5. The molecule has 0 aliphatic carbocycles. The summed E-state index contributed by atoms with van der Waals surface area (Å²) in [5, 5.41) is 21.0. The second-order valence-corrected chi connectivity index (χ2v) is 3.84. The highest BCUT2D eigenvalue weighted by Gasteiger charge is 2.06. The zero-order chi connectivity index (χ0) is 11.3. The Bertz CT molecular complexity index is 312.